The average molecular weight is 327 g/mol. The van der Waals surface area contributed by atoms with Crippen molar-refractivity contribution in [2.24, 2.45) is 11.3 Å². The fraction of sp³-hybridized carbons (Fsp3) is 0.316. The molecule has 2 aliphatic heterocycles. The van der Waals surface area contributed by atoms with E-state index in [1.54, 1.807) is 12.1 Å². The monoisotopic (exact) mass is 327 g/mol. The van der Waals surface area contributed by atoms with Crippen LogP contribution in [0.5, 0.6) is 0 Å². The molecule has 1 amide bonds. The highest BCUT2D eigenvalue weighted by Crippen LogP contribution is 2.49. The van der Waals surface area contributed by atoms with Crippen LogP contribution in [0, 0.1) is 17.2 Å². The lowest BCUT2D eigenvalue weighted by Crippen LogP contribution is -2.32. The van der Waals surface area contributed by atoms with Crippen molar-refractivity contribution in [3.63, 3.8) is 0 Å². The third kappa shape index (κ3) is 2.08. The van der Waals surface area contributed by atoms with Crippen LogP contribution < -0.4 is 4.90 Å². The van der Waals surface area contributed by atoms with E-state index in [1.165, 1.54) is 23.5 Å². The summed E-state index contributed by atoms with van der Waals surface area (Å²) in [6.45, 7) is 3.84. The average Bonchev–Trinajstić information content (AvgIpc) is 3.17. The minimum absolute atomic E-state index is 0.0544. The number of anilines is 1. The highest BCUT2D eigenvalue weighted by Gasteiger charge is 2.51. The molecular formula is C19H18FNO3. The lowest BCUT2D eigenvalue weighted by molar-refractivity contribution is -0.125. The van der Waals surface area contributed by atoms with E-state index in [0.717, 1.165) is 12.1 Å². The summed E-state index contributed by atoms with van der Waals surface area (Å²) in [5, 5.41) is 0. The Morgan fingerprint density at radius 1 is 1.25 bits per heavy atom. The summed E-state index contributed by atoms with van der Waals surface area (Å²) in [6, 6.07) is 4.58. The number of allylic oxidation sites excluding steroid dienone is 4. The van der Waals surface area contributed by atoms with Crippen LogP contribution in [0.4, 0.5) is 10.1 Å². The summed E-state index contributed by atoms with van der Waals surface area (Å²) in [7, 11) is 0. The molecule has 0 spiro atoms. The van der Waals surface area contributed by atoms with Crippen molar-refractivity contribution in [3.8, 4) is 0 Å². The number of ether oxygens (including phenoxy) is 2. The number of hydrogen-bond acceptors (Lipinski definition) is 3. The van der Waals surface area contributed by atoms with Gasteiger partial charge in [-0.1, -0.05) is 26.0 Å². The Bertz CT molecular complexity index is 786. The second kappa shape index (κ2) is 5.23. The number of hydrogen-bond donors (Lipinski definition) is 0. The van der Waals surface area contributed by atoms with Gasteiger partial charge in [0, 0.05) is 17.2 Å². The van der Waals surface area contributed by atoms with Gasteiger partial charge in [-0.05, 0) is 30.7 Å². The summed E-state index contributed by atoms with van der Waals surface area (Å²) >= 11 is 0. The van der Waals surface area contributed by atoms with Gasteiger partial charge < -0.3 is 9.47 Å². The molecule has 0 aromatic heterocycles. The van der Waals surface area contributed by atoms with E-state index < -0.39 is 17.5 Å². The molecule has 5 heteroatoms. The number of amides is 1. The number of rotatable bonds is 2. The van der Waals surface area contributed by atoms with E-state index >= 15 is 0 Å². The molecule has 4 nitrogen and oxygen atoms in total. The van der Waals surface area contributed by atoms with E-state index in [1.807, 2.05) is 32.1 Å². The zero-order valence-electron chi connectivity index (χ0n) is 13.5. The van der Waals surface area contributed by atoms with Crippen molar-refractivity contribution in [2.75, 3.05) is 4.90 Å². The van der Waals surface area contributed by atoms with Crippen molar-refractivity contribution >= 4 is 11.6 Å². The molecule has 0 saturated carbocycles. The number of halogens is 1. The molecule has 3 aliphatic rings. The predicted molar refractivity (Wildman–Crippen MR) is 87.0 cm³/mol. The van der Waals surface area contributed by atoms with Gasteiger partial charge in [-0.3, -0.25) is 9.69 Å². The second-order valence-corrected chi connectivity index (χ2v) is 6.76. The Balaban J connectivity index is 1.80. The van der Waals surface area contributed by atoms with Crippen molar-refractivity contribution in [1.29, 1.82) is 0 Å². The second-order valence-electron chi connectivity index (χ2n) is 6.76. The molecule has 4 rings (SSSR count). The highest BCUT2D eigenvalue weighted by molar-refractivity contribution is 6.04. The van der Waals surface area contributed by atoms with E-state index in [2.05, 4.69) is 0 Å². The lowest BCUT2D eigenvalue weighted by Gasteiger charge is -2.24. The number of nitrogens with zero attached hydrogens (tertiary/aromatic N) is 1. The number of fused-ring (bicyclic) bond motifs is 1. The first-order chi connectivity index (χ1) is 11.5. The van der Waals surface area contributed by atoms with Crippen molar-refractivity contribution in [1.82, 2.24) is 0 Å². The van der Waals surface area contributed by atoms with Crippen LogP contribution in [-0.2, 0) is 14.3 Å². The highest BCUT2D eigenvalue weighted by atomic mass is 19.1. The third-order valence-corrected chi connectivity index (χ3v) is 4.96. The normalized spacial score (nSPS) is 24.6. The Morgan fingerprint density at radius 2 is 2.00 bits per heavy atom. The van der Waals surface area contributed by atoms with Gasteiger partial charge in [-0.2, -0.15) is 0 Å². The van der Waals surface area contributed by atoms with Crippen LogP contribution in [0.25, 0.3) is 0 Å². The fourth-order valence-electron chi connectivity index (χ4n) is 3.56. The van der Waals surface area contributed by atoms with Gasteiger partial charge in [-0.15, -0.1) is 0 Å². The van der Waals surface area contributed by atoms with E-state index in [-0.39, 0.29) is 17.5 Å². The van der Waals surface area contributed by atoms with Crippen LogP contribution in [0.15, 0.2) is 54.6 Å². The number of benzene rings is 1. The maximum absolute atomic E-state index is 14.6. The molecular weight excluding hydrogens is 309 g/mol. The zero-order chi connectivity index (χ0) is 16.9. The number of carbonyl (C=O) groups excluding carboxylic acids is 1. The predicted octanol–water partition coefficient (Wildman–Crippen LogP) is 4.18. The molecule has 1 aromatic carbocycles. The van der Waals surface area contributed by atoms with Crippen LogP contribution in [0.1, 0.15) is 32.1 Å². The molecule has 1 fully saturated rings. The molecule has 1 atom stereocenters. The number of carbonyl (C=O) groups is 1. The van der Waals surface area contributed by atoms with Crippen LogP contribution in [0.2, 0.25) is 0 Å². The molecule has 1 aromatic rings. The van der Waals surface area contributed by atoms with Gasteiger partial charge in [0.25, 0.3) is 6.29 Å². The van der Waals surface area contributed by atoms with Crippen LogP contribution >= 0.6 is 0 Å². The minimum atomic E-state index is -0.605. The standard InChI is InChI=1S/C19H18FNO3/c1-19(2)13-5-3-4-6-15(13)21(18(19)22)16-11-12(7-8-14(16)20)17-23-9-10-24-17/h3-4,6-11,13,17H,5H2,1-2H3. The van der Waals surface area contributed by atoms with Gasteiger partial charge in [-0.25, -0.2) is 4.39 Å². The Kier molecular flexibility index (Phi) is 3.27. The summed E-state index contributed by atoms with van der Waals surface area (Å²) in [5.41, 5.74) is 1.18. The third-order valence-electron chi connectivity index (χ3n) is 4.96. The van der Waals surface area contributed by atoms with Crippen molar-refractivity contribution in [3.05, 3.63) is 66.0 Å². The molecule has 1 aliphatic carbocycles. The van der Waals surface area contributed by atoms with Gasteiger partial charge in [0.05, 0.1) is 11.1 Å². The molecule has 2 heterocycles. The smallest absolute Gasteiger partial charge is 0.266 e. The summed E-state index contributed by atoms with van der Waals surface area (Å²) < 4.78 is 25.2. The molecule has 0 radical (unpaired) electrons. The quantitative estimate of drug-likeness (QED) is 0.818. The zero-order valence-corrected chi connectivity index (χ0v) is 13.5. The molecule has 124 valence electrons. The van der Waals surface area contributed by atoms with Gasteiger partial charge in [0.1, 0.15) is 18.3 Å². The molecule has 1 saturated heterocycles. The molecule has 24 heavy (non-hydrogen) atoms. The van der Waals surface area contributed by atoms with Crippen LogP contribution in [0.3, 0.4) is 0 Å². The summed E-state index contributed by atoms with van der Waals surface area (Å²) in [5.74, 6) is -0.478. The maximum atomic E-state index is 14.6. The van der Waals surface area contributed by atoms with E-state index in [9.17, 15) is 9.18 Å². The largest absolute Gasteiger partial charge is 0.455 e. The van der Waals surface area contributed by atoms with Crippen molar-refractivity contribution < 1.29 is 18.7 Å². The first-order valence-corrected chi connectivity index (χ1v) is 7.97. The maximum Gasteiger partial charge on any atom is 0.266 e. The lowest BCUT2D eigenvalue weighted by atomic mass is 9.77. The summed E-state index contributed by atoms with van der Waals surface area (Å²) in [6.07, 6.45) is 8.93. The Hall–Kier alpha value is -2.56. The van der Waals surface area contributed by atoms with E-state index in [0.29, 0.717) is 5.56 Å². The Labute approximate surface area is 139 Å². The SMILES string of the molecule is CC1(C)C(=O)N(c2cc(C3OC=CO3)ccc2F)C2=CC=CCC21. The van der Waals surface area contributed by atoms with E-state index in [4.69, 9.17) is 9.47 Å². The van der Waals surface area contributed by atoms with Gasteiger partial charge in [0.15, 0.2) is 0 Å². The fourth-order valence-corrected chi connectivity index (χ4v) is 3.56. The molecule has 1 unspecified atom stereocenters. The van der Waals surface area contributed by atoms with Gasteiger partial charge in [0.2, 0.25) is 5.91 Å². The summed E-state index contributed by atoms with van der Waals surface area (Å²) in [4.78, 5) is 14.5. The van der Waals surface area contributed by atoms with Gasteiger partial charge >= 0.3 is 0 Å². The van der Waals surface area contributed by atoms with Crippen molar-refractivity contribution in [2.45, 2.75) is 26.6 Å². The topological polar surface area (TPSA) is 38.8 Å². The Morgan fingerprint density at radius 3 is 2.75 bits per heavy atom. The minimum Gasteiger partial charge on any atom is -0.455 e. The van der Waals surface area contributed by atoms with Crippen LogP contribution in [-0.4, -0.2) is 5.91 Å². The first-order valence-electron chi connectivity index (χ1n) is 7.97. The first kappa shape index (κ1) is 15.0. The molecule has 0 N–H and O–H groups in total. The molecule has 0 bridgehead atoms.